The fourth-order valence-electron chi connectivity index (χ4n) is 4.56. The molecule has 2 aromatic rings. The van der Waals surface area contributed by atoms with Crippen molar-refractivity contribution in [2.75, 3.05) is 13.1 Å². The first kappa shape index (κ1) is 21.0. The second kappa shape index (κ2) is 9.29. The molecule has 1 aliphatic carbocycles. The zero-order valence-corrected chi connectivity index (χ0v) is 18.5. The summed E-state index contributed by atoms with van der Waals surface area (Å²) in [7, 11) is 0. The van der Waals surface area contributed by atoms with Gasteiger partial charge in [-0.1, -0.05) is 31.8 Å². The Bertz CT molecular complexity index is 864. The van der Waals surface area contributed by atoms with Gasteiger partial charge in [0.05, 0.1) is 11.5 Å². The van der Waals surface area contributed by atoms with E-state index in [2.05, 4.69) is 15.5 Å². The van der Waals surface area contributed by atoms with Gasteiger partial charge in [0.15, 0.2) is 5.82 Å². The third-order valence-corrected chi connectivity index (χ3v) is 6.93. The van der Waals surface area contributed by atoms with Crippen LogP contribution >= 0.6 is 11.3 Å². The third kappa shape index (κ3) is 4.43. The van der Waals surface area contributed by atoms with Crippen LogP contribution in [0.4, 0.5) is 0 Å². The van der Waals surface area contributed by atoms with E-state index in [1.807, 2.05) is 35.6 Å². The van der Waals surface area contributed by atoms with E-state index in [4.69, 9.17) is 4.52 Å². The first-order valence-corrected chi connectivity index (χ1v) is 11.9. The van der Waals surface area contributed by atoms with Gasteiger partial charge in [-0.15, -0.1) is 0 Å². The molecule has 8 heteroatoms. The van der Waals surface area contributed by atoms with Gasteiger partial charge in [-0.05, 0) is 37.1 Å². The fourth-order valence-corrected chi connectivity index (χ4v) is 5.19. The SMILES string of the molecule is CC(C)c1noc(C2CC3C(=O)NCCCCCCN(C(=O)c4ccsc4)C3C2)n1. The summed E-state index contributed by atoms with van der Waals surface area (Å²) >= 11 is 1.52. The molecule has 2 fully saturated rings. The number of aromatic nitrogens is 2. The van der Waals surface area contributed by atoms with Crippen molar-refractivity contribution in [3.63, 3.8) is 0 Å². The summed E-state index contributed by atoms with van der Waals surface area (Å²) in [6.07, 6.45) is 5.37. The van der Waals surface area contributed by atoms with E-state index in [-0.39, 0.29) is 35.6 Å². The molecule has 2 aromatic heterocycles. The van der Waals surface area contributed by atoms with Crippen molar-refractivity contribution < 1.29 is 14.1 Å². The number of nitrogens with one attached hydrogen (secondary N) is 1. The molecular formula is C22H30N4O3S. The molecule has 3 atom stereocenters. The highest BCUT2D eigenvalue weighted by molar-refractivity contribution is 7.08. The molecule has 3 heterocycles. The Hall–Kier alpha value is -2.22. The molecule has 1 N–H and O–H groups in total. The summed E-state index contributed by atoms with van der Waals surface area (Å²) in [6, 6.07) is 1.71. The van der Waals surface area contributed by atoms with Crippen LogP contribution in [0.25, 0.3) is 0 Å². The highest BCUT2D eigenvalue weighted by Gasteiger charge is 2.45. The van der Waals surface area contributed by atoms with Crippen molar-refractivity contribution in [3.05, 3.63) is 34.1 Å². The molecular weight excluding hydrogens is 400 g/mol. The molecule has 2 aliphatic rings. The monoisotopic (exact) mass is 430 g/mol. The Balaban J connectivity index is 1.63. The van der Waals surface area contributed by atoms with Gasteiger partial charge in [-0.2, -0.15) is 16.3 Å². The van der Waals surface area contributed by atoms with Crippen molar-refractivity contribution in [1.82, 2.24) is 20.4 Å². The van der Waals surface area contributed by atoms with Crippen LogP contribution in [0.15, 0.2) is 21.3 Å². The molecule has 0 bridgehead atoms. The normalized spacial score (nSPS) is 25.6. The van der Waals surface area contributed by atoms with Crippen molar-refractivity contribution in [3.8, 4) is 0 Å². The highest BCUT2D eigenvalue weighted by Crippen LogP contribution is 2.41. The van der Waals surface area contributed by atoms with E-state index in [1.165, 1.54) is 11.3 Å². The van der Waals surface area contributed by atoms with Gasteiger partial charge in [-0.25, -0.2) is 0 Å². The van der Waals surface area contributed by atoms with E-state index >= 15 is 0 Å². The molecule has 1 saturated carbocycles. The van der Waals surface area contributed by atoms with Crippen molar-refractivity contribution in [2.24, 2.45) is 5.92 Å². The molecule has 0 radical (unpaired) electrons. The van der Waals surface area contributed by atoms with E-state index < -0.39 is 0 Å². The van der Waals surface area contributed by atoms with Crippen LogP contribution in [0.3, 0.4) is 0 Å². The number of rotatable bonds is 3. The lowest BCUT2D eigenvalue weighted by Crippen LogP contribution is -2.47. The molecule has 7 nitrogen and oxygen atoms in total. The molecule has 30 heavy (non-hydrogen) atoms. The Morgan fingerprint density at radius 1 is 1.27 bits per heavy atom. The first-order valence-electron chi connectivity index (χ1n) is 11.0. The van der Waals surface area contributed by atoms with Crippen LogP contribution in [0.5, 0.6) is 0 Å². The molecule has 162 valence electrons. The Labute approximate surface area is 181 Å². The maximum Gasteiger partial charge on any atom is 0.254 e. The number of amides is 2. The van der Waals surface area contributed by atoms with Gasteiger partial charge in [0.25, 0.3) is 5.91 Å². The second-order valence-corrected chi connectivity index (χ2v) is 9.48. The van der Waals surface area contributed by atoms with Crippen LogP contribution in [-0.4, -0.2) is 46.0 Å². The summed E-state index contributed by atoms with van der Waals surface area (Å²) in [5.74, 6) is 1.26. The van der Waals surface area contributed by atoms with Crippen molar-refractivity contribution in [2.45, 2.75) is 70.3 Å². The molecule has 0 spiro atoms. The zero-order chi connectivity index (χ0) is 21.1. The summed E-state index contributed by atoms with van der Waals surface area (Å²) in [5, 5.41) is 11.0. The predicted molar refractivity (Wildman–Crippen MR) is 114 cm³/mol. The van der Waals surface area contributed by atoms with Gasteiger partial charge < -0.3 is 14.7 Å². The number of thiophene rings is 1. The Morgan fingerprint density at radius 2 is 2.10 bits per heavy atom. The summed E-state index contributed by atoms with van der Waals surface area (Å²) in [6.45, 7) is 5.43. The van der Waals surface area contributed by atoms with E-state index in [9.17, 15) is 9.59 Å². The number of hydrogen-bond acceptors (Lipinski definition) is 6. The number of fused-ring (bicyclic) bond motifs is 1. The Kier molecular flexibility index (Phi) is 6.51. The maximum absolute atomic E-state index is 13.3. The van der Waals surface area contributed by atoms with Gasteiger partial charge in [0, 0.05) is 36.3 Å². The average molecular weight is 431 g/mol. The molecule has 0 aromatic carbocycles. The van der Waals surface area contributed by atoms with E-state index in [1.54, 1.807) is 0 Å². The topological polar surface area (TPSA) is 88.3 Å². The van der Waals surface area contributed by atoms with Gasteiger partial charge >= 0.3 is 0 Å². The maximum atomic E-state index is 13.3. The summed E-state index contributed by atoms with van der Waals surface area (Å²) in [5.41, 5.74) is 0.706. The molecule has 2 amide bonds. The molecule has 1 aliphatic heterocycles. The van der Waals surface area contributed by atoms with E-state index in [0.717, 1.165) is 25.7 Å². The van der Waals surface area contributed by atoms with Crippen LogP contribution in [0, 0.1) is 5.92 Å². The minimum atomic E-state index is -0.259. The van der Waals surface area contributed by atoms with Crippen LogP contribution in [-0.2, 0) is 4.79 Å². The summed E-state index contributed by atoms with van der Waals surface area (Å²) in [4.78, 5) is 32.9. The van der Waals surface area contributed by atoms with Crippen LogP contribution in [0.1, 0.15) is 86.3 Å². The van der Waals surface area contributed by atoms with Crippen LogP contribution < -0.4 is 5.32 Å². The smallest absolute Gasteiger partial charge is 0.254 e. The lowest BCUT2D eigenvalue weighted by atomic mass is 9.99. The van der Waals surface area contributed by atoms with Crippen molar-refractivity contribution >= 4 is 23.2 Å². The predicted octanol–water partition coefficient (Wildman–Crippen LogP) is 3.95. The minimum Gasteiger partial charge on any atom is -0.356 e. The van der Waals surface area contributed by atoms with E-state index in [0.29, 0.717) is 43.2 Å². The number of nitrogens with zero attached hydrogens (tertiary/aromatic N) is 3. The standard InChI is InChI=1S/C22H30N4O3S/c1-14(2)19-24-21(29-25-19)16-11-17-18(12-16)26(22(28)15-7-10-30-13-15)9-6-4-3-5-8-23-20(17)27/h7,10,13-14,16-18H,3-6,8-9,11-12H2,1-2H3,(H,23,27). The van der Waals surface area contributed by atoms with Crippen molar-refractivity contribution in [1.29, 1.82) is 0 Å². The Morgan fingerprint density at radius 3 is 2.83 bits per heavy atom. The minimum absolute atomic E-state index is 0.00790. The number of hydrogen-bond donors (Lipinski definition) is 1. The lowest BCUT2D eigenvalue weighted by molar-refractivity contribution is -0.126. The lowest BCUT2D eigenvalue weighted by Gasteiger charge is -2.32. The fraction of sp³-hybridized carbons (Fsp3) is 0.636. The highest BCUT2D eigenvalue weighted by atomic mass is 32.1. The van der Waals surface area contributed by atoms with Gasteiger partial charge in [0.1, 0.15) is 0 Å². The molecule has 1 saturated heterocycles. The number of carbonyl (C=O) groups is 2. The zero-order valence-electron chi connectivity index (χ0n) is 17.7. The number of carbonyl (C=O) groups excluding carboxylic acids is 2. The van der Waals surface area contributed by atoms with Gasteiger partial charge in [0.2, 0.25) is 11.8 Å². The summed E-state index contributed by atoms with van der Waals surface area (Å²) < 4.78 is 5.56. The van der Waals surface area contributed by atoms with Gasteiger partial charge in [-0.3, -0.25) is 9.59 Å². The largest absolute Gasteiger partial charge is 0.356 e. The molecule has 4 rings (SSSR count). The first-order chi connectivity index (χ1) is 14.5. The second-order valence-electron chi connectivity index (χ2n) is 8.70. The third-order valence-electron chi connectivity index (χ3n) is 6.24. The van der Waals surface area contributed by atoms with Crippen LogP contribution in [0.2, 0.25) is 0 Å². The molecule has 3 unspecified atom stereocenters. The quantitative estimate of drug-likeness (QED) is 0.797. The average Bonchev–Trinajstić information content (AvgIpc) is 3.48.